The molecule has 0 aliphatic heterocycles. The van der Waals surface area contributed by atoms with Crippen molar-refractivity contribution in [1.82, 2.24) is 4.98 Å². The summed E-state index contributed by atoms with van der Waals surface area (Å²) in [6, 6.07) is 9.07. The van der Waals surface area contributed by atoms with E-state index in [1.165, 1.54) is 0 Å². The molecule has 0 saturated carbocycles. The third-order valence-corrected chi connectivity index (χ3v) is 3.02. The Morgan fingerprint density at radius 3 is 2.69 bits per heavy atom. The number of nitrogens with zero attached hydrogens (tertiary/aromatic N) is 1. The van der Waals surface area contributed by atoms with Crippen LogP contribution in [-0.4, -0.2) is 12.1 Å². The predicted molar refractivity (Wildman–Crippen MR) is 66.2 cm³/mol. The van der Waals surface area contributed by atoms with Gasteiger partial charge >= 0.3 is 0 Å². The van der Waals surface area contributed by atoms with Crippen LogP contribution < -0.4 is 4.74 Å². The highest BCUT2D eigenvalue weighted by molar-refractivity contribution is 6.43. The van der Waals surface area contributed by atoms with Crippen LogP contribution in [0.5, 0.6) is 5.75 Å². The smallest absolute Gasteiger partial charge is 0.145 e. The molecule has 0 aliphatic rings. The Labute approximate surface area is 104 Å². The largest absolute Gasteiger partial charge is 0.494 e. The molecule has 4 heteroatoms. The van der Waals surface area contributed by atoms with E-state index in [9.17, 15) is 0 Å². The van der Waals surface area contributed by atoms with Gasteiger partial charge in [0.2, 0.25) is 0 Å². The number of aromatic nitrogens is 1. The van der Waals surface area contributed by atoms with Gasteiger partial charge in [0.25, 0.3) is 0 Å². The summed E-state index contributed by atoms with van der Waals surface area (Å²) < 4.78 is 5.23. The number of hydrogen-bond donors (Lipinski definition) is 0. The van der Waals surface area contributed by atoms with Crippen molar-refractivity contribution in [3.05, 3.63) is 46.6 Å². The van der Waals surface area contributed by atoms with Crippen molar-refractivity contribution in [2.75, 3.05) is 7.11 Å². The Kier molecular flexibility index (Phi) is 3.32. The van der Waals surface area contributed by atoms with E-state index in [0.717, 1.165) is 5.56 Å². The maximum absolute atomic E-state index is 6.13. The minimum absolute atomic E-state index is 0.487. The summed E-state index contributed by atoms with van der Waals surface area (Å²) in [7, 11) is 1.60. The van der Waals surface area contributed by atoms with Gasteiger partial charge in [0.05, 0.1) is 17.2 Å². The van der Waals surface area contributed by atoms with Gasteiger partial charge in [-0.1, -0.05) is 35.3 Å². The molecule has 2 rings (SSSR count). The molecule has 1 aromatic carbocycles. The van der Waals surface area contributed by atoms with Crippen LogP contribution in [0.2, 0.25) is 10.0 Å². The molecule has 0 fully saturated rings. The molecule has 1 heterocycles. The van der Waals surface area contributed by atoms with E-state index in [4.69, 9.17) is 27.9 Å². The molecule has 2 nitrogen and oxygen atoms in total. The molecule has 0 aliphatic carbocycles. The first-order chi connectivity index (χ1) is 7.74. The third-order valence-electron chi connectivity index (χ3n) is 2.20. The number of ether oxygens (including phenoxy) is 1. The van der Waals surface area contributed by atoms with Crippen LogP contribution in [0.4, 0.5) is 0 Å². The Morgan fingerprint density at radius 2 is 1.94 bits per heavy atom. The Balaban J connectivity index is 2.63. The quantitative estimate of drug-likeness (QED) is 0.806. The maximum Gasteiger partial charge on any atom is 0.145 e. The molecule has 1 aromatic heterocycles. The van der Waals surface area contributed by atoms with Crippen LogP contribution in [0.1, 0.15) is 0 Å². The van der Waals surface area contributed by atoms with Gasteiger partial charge in [0, 0.05) is 11.8 Å². The van der Waals surface area contributed by atoms with Crippen molar-refractivity contribution in [3.8, 4) is 17.0 Å². The zero-order valence-electron chi connectivity index (χ0n) is 8.58. The predicted octanol–water partition coefficient (Wildman–Crippen LogP) is 4.06. The van der Waals surface area contributed by atoms with Gasteiger partial charge in [-0.15, -0.1) is 0 Å². The molecule has 0 radical (unpaired) electrons. The number of rotatable bonds is 2. The van der Waals surface area contributed by atoms with Gasteiger partial charge in [0.15, 0.2) is 0 Å². The van der Waals surface area contributed by atoms with Crippen LogP contribution in [-0.2, 0) is 0 Å². The standard InChI is InChI=1S/C12H9Cl2NO/c1-16-10-6-3-7-15-12(10)8-4-2-5-9(13)11(8)14/h2-7H,1H3. The molecule has 0 spiro atoms. The zero-order chi connectivity index (χ0) is 11.5. The second-order valence-electron chi connectivity index (χ2n) is 3.16. The van der Waals surface area contributed by atoms with Crippen molar-refractivity contribution in [3.63, 3.8) is 0 Å². The Hall–Kier alpha value is -1.25. The molecule has 2 aromatic rings. The maximum atomic E-state index is 6.13. The topological polar surface area (TPSA) is 22.1 Å². The number of methoxy groups -OCH3 is 1. The average molecular weight is 254 g/mol. The van der Waals surface area contributed by atoms with Gasteiger partial charge in [-0.25, -0.2) is 0 Å². The molecular weight excluding hydrogens is 245 g/mol. The summed E-state index contributed by atoms with van der Waals surface area (Å²) in [5.41, 5.74) is 1.46. The van der Waals surface area contributed by atoms with Crippen LogP contribution in [0.25, 0.3) is 11.3 Å². The van der Waals surface area contributed by atoms with Crippen molar-refractivity contribution in [2.24, 2.45) is 0 Å². The minimum Gasteiger partial charge on any atom is -0.494 e. The van der Waals surface area contributed by atoms with E-state index in [0.29, 0.717) is 21.5 Å². The van der Waals surface area contributed by atoms with Gasteiger partial charge in [0.1, 0.15) is 11.4 Å². The third kappa shape index (κ3) is 1.99. The number of hydrogen-bond acceptors (Lipinski definition) is 2. The lowest BCUT2D eigenvalue weighted by atomic mass is 10.1. The second-order valence-corrected chi connectivity index (χ2v) is 3.94. The summed E-state index contributed by atoms with van der Waals surface area (Å²) in [5.74, 6) is 0.673. The lowest BCUT2D eigenvalue weighted by Crippen LogP contribution is -1.91. The van der Waals surface area contributed by atoms with Gasteiger partial charge in [-0.3, -0.25) is 4.98 Å². The van der Waals surface area contributed by atoms with E-state index < -0.39 is 0 Å². The SMILES string of the molecule is COc1cccnc1-c1cccc(Cl)c1Cl. The average Bonchev–Trinajstić information content (AvgIpc) is 2.33. The van der Waals surface area contributed by atoms with E-state index in [2.05, 4.69) is 4.98 Å². The van der Waals surface area contributed by atoms with Crippen molar-refractivity contribution in [1.29, 1.82) is 0 Å². The van der Waals surface area contributed by atoms with Crippen molar-refractivity contribution in [2.45, 2.75) is 0 Å². The van der Waals surface area contributed by atoms with Crippen molar-refractivity contribution >= 4 is 23.2 Å². The van der Waals surface area contributed by atoms with Crippen molar-refractivity contribution < 1.29 is 4.74 Å². The lowest BCUT2D eigenvalue weighted by Gasteiger charge is -2.09. The highest BCUT2D eigenvalue weighted by Gasteiger charge is 2.11. The number of pyridine rings is 1. The van der Waals surface area contributed by atoms with E-state index >= 15 is 0 Å². The fourth-order valence-corrected chi connectivity index (χ4v) is 1.83. The zero-order valence-corrected chi connectivity index (χ0v) is 10.1. The fraction of sp³-hybridized carbons (Fsp3) is 0.0833. The van der Waals surface area contributed by atoms with Crippen LogP contribution >= 0.6 is 23.2 Å². The molecule has 0 unspecified atom stereocenters. The molecule has 0 atom stereocenters. The summed E-state index contributed by atoms with van der Waals surface area (Å²) in [4.78, 5) is 4.25. The number of halogens is 2. The molecule has 0 amide bonds. The molecule has 0 N–H and O–H groups in total. The Bertz CT molecular complexity index is 514. The normalized spacial score (nSPS) is 10.2. The van der Waals surface area contributed by atoms with E-state index in [1.54, 1.807) is 25.4 Å². The summed E-state index contributed by atoms with van der Waals surface area (Å²) >= 11 is 12.1. The first-order valence-electron chi connectivity index (χ1n) is 4.67. The monoisotopic (exact) mass is 253 g/mol. The van der Waals surface area contributed by atoms with Crippen LogP contribution in [0.3, 0.4) is 0 Å². The van der Waals surface area contributed by atoms with Crippen LogP contribution in [0, 0.1) is 0 Å². The lowest BCUT2D eigenvalue weighted by molar-refractivity contribution is 0.415. The summed E-state index contributed by atoms with van der Waals surface area (Å²) in [6.45, 7) is 0. The molecule has 0 bridgehead atoms. The van der Waals surface area contributed by atoms with Crippen LogP contribution in [0.15, 0.2) is 36.5 Å². The highest BCUT2D eigenvalue weighted by atomic mass is 35.5. The molecule has 0 saturated heterocycles. The molecule has 16 heavy (non-hydrogen) atoms. The highest BCUT2D eigenvalue weighted by Crippen LogP contribution is 2.36. The first-order valence-corrected chi connectivity index (χ1v) is 5.43. The molecular formula is C12H9Cl2NO. The van der Waals surface area contributed by atoms with Gasteiger partial charge < -0.3 is 4.74 Å². The summed E-state index contributed by atoms with van der Waals surface area (Å²) in [5, 5.41) is 0.994. The first kappa shape index (κ1) is 11.2. The van der Waals surface area contributed by atoms with Gasteiger partial charge in [-0.05, 0) is 18.2 Å². The fourth-order valence-electron chi connectivity index (χ4n) is 1.44. The van der Waals surface area contributed by atoms with E-state index in [-0.39, 0.29) is 0 Å². The van der Waals surface area contributed by atoms with E-state index in [1.807, 2.05) is 18.2 Å². The minimum atomic E-state index is 0.487. The summed E-state index contributed by atoms with van der Waals surface area (Å²) in [6.07, 6.45) is 1.69. The van der Waals surface area contributed by atoms with Gasteiger partial charge in [-0.2, -0.15) is 0 Å². The Morgan fingerprint density at radius 1 is 1.12 bits per heavy atom. The molecule has 82 valence electrons. The second kappa shape index (κ2) is 4.73. The number of benzene rings is 1.